The fourth-order valence-electron chi connectivity index (χ4n) is 1.52. The summed E-state index contributed by atoms with van der Waals surface area (Å²) < 4.78 is 14.1. The summed E-state index contributed by atoms with van der Waals surface area (Å²) in [4.78, 5) is 45.6. The summed E-state index contributed by atoms with van der Waals surface area (Å²) in [5.74, 6) is -3.03. The average Bonchev–Trinajstić information content (AvgIpc) is 2.38. The van der Waals surface area contributed by atoms with Crippen LogP contribution in [0, 0.1) is 0 Å². The number of ether oxygens (including phenoxy) is 3. The number of hydrogen-bond donors (Lipinski definition) is 1. The molecule has 126 valence electrons. The first kappa shape index (κ1) is 20.0. The van der Waals surface area contributed by atoms with Gasteiger partial charge < -0.3 is 19.3 Å². The Morgan fingerprint density at radius 1 is 0.909 bits per heavy atom. The van der Waals surface area contributed by atoms with Gasteiger partial charge in [-0.25, -0.2) is 4.79 Å². The SMILES string of the molecule is CCOC(=O)CC(O)(CC(=O)OCCC(C)=O)C(=O)OCC. The van der Waals surface area contributed by atoms with E-state index in [4.69, 9.17) is 4.74 Å². The Balaban J connectivity index is 4.77. The van der Waals surface area contributed by atoms with Gasteiger partial charge in [0.2, 0.25) is 0 Å². The first-order chi connectivity index (χ1) is 10.2. The summed E-state index contributed by atoms with van der Waals surface area (Å²) in [5, 5.41) is 10.2. The monoisotopic (exact) mass is 318 g/mol. The molecule has 0 rings (SSSR count). The first-order valence-corrected chi connectivity index (χ1v) is 6.95. The molecule has 0 aliphatic carbocycles. The van der Waals surface area contributed by atoms with Crippen LogP contribution in [0.4, 0.5) is 0 Å². The molecule has 1 atom stereocenters. The highest BCUT2D eigenvalue weighted by Gasteiger charge is 2.43. The minimum absolute atomic E-state index is 0.0245. The summed E-state index contributed by atoms with van der Waals surface area (Å²) in [6.07, 6.45) is -1.45. The van der Waals surface area contributed by atoms with Crippen LogP contribution in [0.1, 0.15) is 40.0 Å². The third-order valence-electron chi connectivity index (χ3n) is 2.55. The lowest BCUT2D eigenvalue weighted by Gasteiger charge is -2.23. The lowest BCUT2D eigenvalue weighted by Crippen LogP contribution is -2.44. The average molecular weight is 318 g/mol. The fourth-order valence-corrected chi connectivity index (χ4v) is 1.52. The summed E-state index contributed by atoms with van der Waals surface area (Å²) in [6.45, 7) is 4.31. The molecule has 0 aliphatic rings. The van der Waals surface area contributed by atoms with Gasteiger partial charge in [0.1, 0.15) is 5.78 Å². The second-order valence-electron chi connectivity index (χ2n) is 4.58. The smallest absolute Gasteiger partial charge is 0.339 e. The number of rotatable bonds is 10. The maximum Gasteiger partial charge on any atom is 0.339 e. The maximum atomic E-state index is 11.8. The van der Waals surface area contributed by atoms with E-state index < -0.39 is 36.4 Å². The molecule has 0 spiro atoms. The molecule has 8 heteroatoms. The first-order valence-electron chi connectivity index (χ1n) is 6.95. The maximum absolute atomic E-state index is 11.8. The van der Waals surface area contributed by atoms with Crippen LogP contribution in [-0.4, -0.2) is 54.2 Å². The van der Waals surface area contributed by atoms with Crippen LogP contribution in [0.3, 0.4) is 0 Å². The van der Waals surface area contributed by atoms with E-state index in [2.05, 4.69) is 9.47 Å². The number of Topliss-reactive ketones (excluding diaryl/α,β-unsaturated/α-hetero) is 1. The molecule has 22 heavy (non-hydrogen) atoms. The summed E-state index contributed by atoms with van der Waals surface area (Å²) in [6, 6.07) is 0. The molecule has 0 bridgehead atoms. The Bertz CT molecular complexity index is 417. The molecule has 0 radical (unpaired) electrons. The summed E-state index contributed by atoms with van der Waals surface area (Å²) >= 11 is 0. The Morgan fingerprint density at radius 3 is 1.86 bits per heavy atom. The van der Waals surface area contributed by atoms with Crippen molar-refractivity contribution in [2.24, 2.45) is 0 Å². The molecular formula is C14H22O8. The van der Waals surface area contributed by atoms with Gasteiger partial charge in [0.25, 0.3) is 0 Å². The van der Waals surface area contributed by atoms with Crippen LogP contribution in [0.25, 0.3) is 0 Å². The minimum Gasteiger partial charge on any atom is -0.466 e. The fraction of sp³-hybridized carbons (Fsp3) is 0.714. The van der Waals surface area contributed by atoms with Gasteiger partial charge in [-0.3, -0.25) is 14.4 Å². The molecule has 0 aromatic rings. The topological polar surface area (TPSA) is 116 Å². The molecule has 0 saturated carbocycles. The normalized spacial score (nSPS) is 12.9. The predicted molar refractivity (Wildman–Crippen MR) is 73.7 cm³/mol. The minimum atomic E-state index is -2.35. The van der Waals surface area contributed by atoms with Gasteiger partial charge in [0.15, 0.2) is 5.60 Å². The summed E-state index contributed by atoms with van der Waals surface area (Å²) in [5.41, 5.74) is -2.35. The number of carbonyl (C=O) groups excluding carboxylic acids is 4. The van der Waals surface area contributed by atoms with Crippen LogP contribution < -0.4 is 0 Å². The van der Waals surface area contributed by atoms with Gasteiger partial charge in [0, 0.05) is 6.42 Å². The van der Waals surface area contributed by atoms with Gasteiger partial charge in [0.05, 0.1) is 32.7 Å². The van der Waals surface area contributed by atoms with E-state index in [0.29, 0.717) is 0 Å². The van der Waals surface area contributed by atoms with Crippen molar-refractivity contribution >= 4 is 23.7 Å². The summed E-state index contributed by atoms with van der Waals surface area (Å²) in [7, 11) is 0. The van der Waals surface area contributed by atoms with Crippen molar-refractivity contribution in [3.05, 3.63) is 0 Å². The van der Waals surface area contributed by atoms with Gasteiger partial charge >= 0.3 is 17.9 Å². The van der Waals surface area contributed by atoms with Crippen LogP contribution in [0.5, 0.6) is 0 Å². The molecule has 1 unspecified atom stereocenters. The van der Waals surface area contributed by atoms with Gasteiger partial charge in [-0.2, -0.15) is 0 Å². The Hall–Kier alpha value is -1.96. The van der Waals surface area contributed by atoms with Crippen molar-refractivity contribution in [1.29, 1.82) is 0 Å². The zero-order chi connectivity index (χ0) is 17.2. The molecule has 0 amide bonds. The predicted octanol–water partition coefficient (Wildman–Crippen LogP) is 0.146. The number of hydrogen-bond acceptors (Lipinski definition) is 8. The van der Waals surface area contributed by atoms with Crippen LogP contribution in [-0.2, 0) is 33.4 Å². The van der Waals surface area contributed by atoms with Gasteiger partial charge in [-0.05, 0) is 20.8 Å². The quantitative estimate of drug-likeness (QED) is 0.447. The third kappa shape index (κ3) is 7.72. The van der Waals surface area contributed by atoms with E-state index in [1.54, 1.807) is 6.92 Å². The van der Waals surface area contributed by atoms with Gasteiger partial charge in [-0.1, -0.05) is 0 Å². The largest absolute Gasteiger partial charge is 0.466 e. The van der Waals surface area contributed by atoms with E-state index >= 15 is 0 Å². The van der Waals surface area contributed by atoms with Crippen molar-refractivity contribution in [1.82, 2.24) is 0 Å². The highest BCUT2D eigenvalue weighted by Crippen LogP contribution is 2.20. The van der Waals surface area contributed by atoms with Crippen molar-refractivity contribution in [3.63, 3.8) is 0 Å². The van der Waals surface area contributed by atoms with Crippen molar-refractivity contribution in [2.75, 3.05) is 19.8 Å². The number of aliphatic hydroxyl groups is 1. The zero-order valence-corrected chi connectivity index (χ0v) is 13.0. The zero-order valence-electron chi connectivity index (χ0n) is 13.0. The highest BCUT2D eigenvalue weighted by molar-refractivity contribution is 5.90. The van der Waals surface area contributed by atoms with Crippen LogP contribution in [0.15, 0.2) is 0 Å². The Kier molecular flexibility index (Phi) is 9.00. The highest BCUT2D eigenvalue weighted by atomic mass is 16.6. The molecule has 0 aromatic heterocycles. The van der Waals surface area contributed by atoms with Crippen LogP contribution >= 0.6 is 0 Å². The molecule has 0 aliphatic heterocycles. The van der Waals surface area contributed by atoms with Gasteiger partial charge in [-0.15, -0.1) is 0 Å². The van der Waals surface area contributed by atoms with Crippen molar-refractivity contribution in [3.8, 4) is 0 Å². The lowest BCUT2D eigenvalue weighted by atomic mass is 9.95. The molecule has 1 N–H and O–H groups in total. The Labute approximate surface area is 128 Å². The molecule has 0 saturated heterocycles. The lowest BCUT2D eigenvalue weighted by molar-refractivity contribution is -0.177. The van der Waals surface area contributed by atoms with Crippen molar-refractivity contribution < 1.29 is 38.5 Å². The van der Waals surface area contributed by atoms with E-state index in [0.717, 1.165) is 0 Å². The second kappa shape index (κ2) is 9.88. The second-order valence-corrected chi connectivity index (χ2v) is 4.58. The number of carbonyl (C=O) groups is 4. The molecule has 8 nitrogen and oxygen atoms in total. The third-order valence-corrected chi connectivity index (χ3v) is 2.55. The molecular weight excluding hydrogens is 296 g/mol. The standard InChI is InChI=1S/C14H22O8/c1-4-20-11(16)8-14(19,13(18)21-5-2)9-12(17)22-7-6-10(3)15/h19H,4-9H2,1-3H3. The molecule has 0 aromatic carbocycles. The molecule has 0 fully saturated rings. The van der Waals surface area contributed by atoms with Crippen molar-refractivity contribution in [2.45, 2.75) is 45.6 Å². The van der Waals surface area contributed by atoms with E-state index in [1.807, 2.05) is 0 Å². The number of ketones is 1. The Morgan fingerprint density at radius 2 is 1.41 bits per heavy atom. The van der Waals surface area contributed by atoms with E-state index in [1.165, 1.54) is 13.8 Å². The van der Waals surface area contributed by atoms with E-state index in [9.17, 15) is 24.3 Å². The van der Waals surface area contributed by atoms with E-state index in [-0.39, 0.29) is 32.0 Å². The molecule has 0 heterocycles. The number of esters is 3. The van der Waals surface area contributed by atoms with Crippen LogP contribution in [0.2, 0.25) is 0 Å².